The van der Waals surface area contributed by atoms with E-state index in [4.69, 9.17) is 4.74 Å². The summed E-state index contributed by atoms with van der Waals surface area (Å²) < 4.78 is 46.7. The average molecular weight is 537 g/mol. The summed E-state index contributed by atoms with van der Waals surface area (Å²) in [5.41, 5.74) is 0.108. The van der Waals surface area contributed by atoms with Crippen molar-refractivity contribution in [1.29, 1.82) is 0 Å². The molecule has 3 N–H and O–H groups in total. The first-order valence-electron chi connectivity index (χ1n) is 11.9. The molecule has 0 radical (unpaired) electrons. The molecular formula is C28H27F3N6O2. The number of hydrogen-bond acceptors (Lipinski definition) is 7. The van der Waals surface area contributed by atoms with Crippen LogP contribution in [0.3, 0.4) is 0 Å². The van der Waals surface area contributed by atoms with Crippen molar-refractivity contribution in [1.82, 2.24) is 14.9 Å². The highest BCUT2D eigenvalue weighted by atomic mass is 19.4. The lowest BCUT2D eigenvalue weighted by Gasteiger charge is -2.17. The molecule has 0 atom stereocenters. The third kappa shape index (κ3) is 7.23. The van der Waals surface area contributed by atoms with Crippen LogP contribution in [0, 0.1) is 0 Å². The number of rotatable bonds is 9. The SMILES string of the molecule is COc1ccc(NC(=O)/C=C/CN(C)C)c(Nc2ncc(C(F)(F)F)c(Nc3ccc4ccccc4c3)n2)c1. The quantitative estimate of drug-likeness (QED) is 0.219. The monoisotopic (exact) mass is 536 g/mol. The predicted octanol–water partition coefficient (Wildman–Crippen LogP) is 6.20. The second kappa shape index (κ2) is 11.8. The zero-order valence-electron chi connectivity index (χ0n) is 21.5. The molecule has 3 aromatic carbocycles. The number of nitrogens with one attached hydrogen (secondary N) is 3. The van der Waals surface area contributed by atoms with Crippen LogP contribution in [0.25, 0.3) is 10.8 Å². The molecule has 0 aliphatic heterocycles. The highest BCUT2D eigenvalue weighted by Crippen LogP contribution is 2.36. The molecule has 0 aliphatic rings. The number of carbonyl (C=O) groups excluding carboxylic acids is 1. The third-order valence-corrected chi connectivity index (χ3v) is 5.58. The van der Waals surface area contributed by atoms with Crippen LogP contribution in [-0.2, 0) is 11.0 Å². The van der Waals surface area contributed by atoms with E-state index in [0.29, 0.717) is 35.6 Å². The predicted molar refractivity (Wildman–Crippen MR) is 147 cm³/mol. The van der Waals surface area contributed by atoms with E-state index in [9.17, 15) is 18.0 Å². The van der Waals surface area contributed by atoms with E-state index in [1.165, 1.54) is 13.2 Å². The number of ether oxygens (including phenoxy) is 1. The molecule has 0 fully saturated rings. The van der Waals surface area contributed by atoms with Crippen molar-refractivity contribution < 1.29 is 22.7 Å². The van der Waals surface area contributed by atoms with E-state index in [-0.39, 0.29) is 11.9 Å². The molecule has 8 nitrogen and oxygen atoms in total. The van der Waals surface area contributed by atoms with Crippen LogP contribution in [0.5, 0.6) is 5.75 Å². The number of methoxy groups -OCH3 is 1. The van der Waals surface area contributed by atoms with Crippen LogP contribution in [0.2, 0.25) is 0 Å². The smallest absolute Gasteiger partial charge is 0.421 e. The maximum Gasteiger partial charge on any atom is 0.421 e. The lowest BCUT2D eigenvalue weighted by atomic mass is 10.1. The number of nitrogens with zero attached hydrogens (tertiary/aromatic N) is 3. The maximum atomic E-state index is 13.8. The minimum atomic E-state index is -4.69. The Morgan fingerprint density at radius 1 is 1.00 bits per heavy atom. The first-order chi connectivity index (χ1) is 18.6. The fourth-order valence-corrected chi connectivity index (χ4v) is 3.68. The van der Waals surface area contributed by atoms with E-state index in [1.54, 1.807) is 36.4 Å². The van der Waals surface area contributed by atoms with Crippen molar-refractivity contribution in [2.24, 2.45) is 0 Å². The summed E-state index contributed by atoms with van der Waals surface area (Å²) in [6.45, 7) is 0.577. The number of benzene rings is 3. The summed E-state index contributed by atoms with van der Waals surface area (Å²) in [7, 11) is 5.23. The minimum absolute atomic E-state index is 0.113. The van der Waals surface area contributed by atoms with Gasteiger partial charge in [-0.3, -0.25) is 4.79 Å². The van der Waals surface area contributed by atoms with Crippen molar-refractivity contribution in [3.8, 4) is 5.75 Å². The molecule has 1 heterocycles. The second-order valence-corrected chi connectivity index (χ2v) is 8.83. The average Bonchev–Trinajstić information content (AvgIpc) is 2.89. The van der Waals surface area contributed by atoms with Crippen molar-refractivity contribution >= 4 is 45.5 Å². The van der Waals surface area contributed by atoms with Gasteiger partial charge in [-0.15, -0.1) is 0 Å². The van der Waals surface area contributed by atoms with Gasteiger partial charge in [-0.2, -0.15) is 18.2 Å². The molecule has 0 unspecified atom stereocenters. The summed E-state index contributed by atoms with van der Waals surface area (Å²) in [5.74, 6) is -0.453. The molecule has 202 valence electrons. The Hall–Kier alpha value is -4.64. The normalized spacial score (nSPS) is 11.7. The number of hydrogen-bond donors (Lipinski definition) is 3. The lowest BCUT2D eigenvalue weighted by molar-refractivity contribution is -0.137. The molecule has 1 amide bonds. The van der Waals surface area contributed by atoms with Crippen molar-refractivity contribution in [3.05, 3.63) is 84.6 Å². The number of fused-ring (bicyclic) bond motifs is 1. The van der Waals surface area contributed by atoms with Gasteiger partial charge in [0, 0.05) is 30.6 Å². The molecule has 4 rings (SSSR count). The molecule has 11 heteroatoms. The van der Waals surface area contributed by atoms with E-state index >= 15 is 0 Å². The standard InChI is InChI=1S/C28H27F3N6O2/c1-37(2)14-6-9-25(38)34-23-13-12-21(39-3)16-24(23)35-27-32-17-22(28(29,30)31)26(36-27)33-20-11-10-18-7-4-5-8-19(18)15-20/h4-13,15-17H,14H2,1-3H3,(H,34,38)(H2,32,33,35,36)/b9-6+. The number of alkyl halides is 3. The number of anilines is 5. The summed E-state index contributed by atoms with van der Waals surface area (Å²) in [6, 6.07) is 17.6. The van der Waals surface area contributed by atoms with Gasteiger partial charge >= 0.3 is 6.18 Å². The number of halogens is 3. The van der Waals surface area contributed by atoms with Crippen LogP contribution in [0.4, 0.5) is 42.0 Å². The largest absolute Gasteiger partial charge is 0.497 e. The molecule has 0 spiro atoms. The van der Waals surface area contributed by atoms with Crippen molar-refractivity contribution in [2.45, 2.75) is 6.18 Å². The van der Waals surface area contributed by atoms with Crippen LogP contribution in [-0.4, -0.2) is 48.5 Å². The van der Waals surface area contributed by atoms with Crippen LogP contribution >= 0.6 is 0 Å². The Morgan fingerprint density at radius 2 is 1.77 bits per heavy atom. The van der Waals surface area contributed by atoms with E-state index in [2.05, 4.69) is 25.9 Å². The highest BCUT2D eigenvalue weighted by Gasteiger charge is 2.35. The van der Waals surface area contributed by atoms with Crippen LogP contribution in [0.15, 0.2) is 79.0 Å². The fraction of sp³-hybridized carbons (Fsp3) is 0.179. The van der Waals surface area contributed by atoms with Gasteiger partial charge in [-0.25, -0.2) is 4.98 Å². The van der Waals surface area contributed by atoms with Gasteiger partial charge in [0.2, 0.25) is 11.9 Å². The Bertz CT molecular complexity index is 1500. The molecule has 0 saturated heterocycles. The molecule has 1 aromatic heterocycles. The first kappa shape index (κ1) is 27.4. The summed E-state index contributed by atoms with van der Waals surface area (Å²) in [6.07, 6.45) is -0.878. The van der Waals surface area contributed by atoms with Crippen molar-refractivity contribution in [3.63, 3.8) is 0 Å². The van der Waals surface area contributed by atoms with Gasteiger partial charge in [0.05, 0.1) is 18.5 Å². The van der Waals surface area contributed by atoms with E-state index in [1.807, 2.05) is 49.3 Å². The third-order valence-electron chi connectivity index (χ3n) is 5.58. The number of carbonyl (C=O) groups is 1. The van der Waals surface area contributed by atoms with Crippen LogP contribution in [0.1, 0.15) is 5.56 Å². The summed E-state index contributed by atoms with van der Waals surface area (Å²) in [5, 5.41) is 10.2. The highest BCUT2D eigenvalue weighted by molar-refractivity contribution is 6.01. The van der Waals surface area contributed by atoms with Crippen LogP contribution < -0.4 is 20.7 Å². The molecular weight excluding hydrogens is 509 g/mol. The van der Waals surface area contributed by atoms with Gasteiger partial charge in [0.15, 0.2) is 0 Å². The topological polar surface area (TPSA) is 91.4 Å². The minimum Gasteiger partial charge on any atom is -0.497 e. The van der Waals surface area contributed by atoms with Gasteiger partial charge in [-0.1, -0.05) is 36.4 Å². The summed E-state index contributed by atoms with van der Waals surface area (Å²) in [4.78, 5) is 22.3. The Kier molecular flexibility index (Phi) is 8.30. The van der Waals surface area contributed by atoms with Gasteiger partial charge in [0.1, 0.15) is 17.1 Å². The Balaban J connectivity index is 1.65. The van der Waals surface area contributed by atoms with E-state index in [0.717, 1.165) is 10.8 Å². The van der Waals surface area contributed by atoms with Gasteiger partial charge in [0.25, 0.3) is 0 Å². The molecule has 0 bridgehead atoms. The first-order valence-corrected chi connectivity index (χ1v) is 11.9. The fourth-order valence-electron chi connectivity index (χ4n) is 3.68. The second-order valence-electron chi connectivity index (χ2n) is 8.83. The lowest BCUT2D eigenvalue weighted by Crippen LogP contribution is -2.14. The molecule has 4 aromatic rings. The number of likely N-dealkylation sites (N-methyl/N-ethyl adjacent to an activating group) is 1. The summed E-state index contributed by atoms with van der Waals surface area (Å²) >= 11 is 0. The Morgan fingerprint density at radius 3 is 2.49 bits per heavy atom. The molecule has 0 aliphatic carbocycles. The zero-order chi connectivity index (χ0) is 28.0. The maximum absolute atomic E-state index is 13.8. The van der Waals surface area contributed by atoms with Gasteiger partial charge < -0.3 is 25.6 Å². The molecule has 0 saturated carbocycles. The zero-order valence-corrected chi connectivity index (χ0v) is 21.5. The van der Waals surface area contributed by atoms with Crippen molar-refractivity contribution in [2.75, 3.05) is 43.7 Å². The molecule has 39 heavy (non-hydrogen) atoms. The van der Waals surface area contributed by atoms with Gasteiger partial charge in [-0.05, 0) is 49.1 Å². The number of aromatic nitrogens is 2. The van der Waals surface area contributed by atoms with E-state index < -0.39 is 17.6 Å². The Labute approximate surface area is 223 Å². The number of amides is 1.